The normalized spacial score (nSPS) is 10.6. The molecule has 1 heterocycles. The third-order valence-corrected chi connectivity index (χ3v) is 3.03. The van der Waals surface area contributed by atoms with Gasteiger partial charge >= 0.3 is 12.0 Å². The highest BCUT2D eigenvalue weighted by Crippen LogP contribution is 2.24. The van der Waals surface area contributed by atoms with Crippen molar-refractivity contribution in [3.05, 3.63) is 66.5 Å². The molecule has 0 amide bonds. The Morgan fingerprint density at radius 2 is 1.09 bits per heavy atom. The van der Waals surface area contributed by atoms with E-state index < -0.39 is 0 Å². The van der Waals surface area contributed by atoms with E-state index in [1.807, 2.05) is 74.5 Å². The Kier molecular flexibility index (Phi) is 4.47. The molecule has 5 heteroatoms. The van der Waals surface area contributed by atoms with Gasteiger partial charge in [0.1, 0.15) is 17.3 Å². The van der Waals surface area contributed by atoms with Crippen LogP contribution in [-0.4, -0.2) is 15.0 Å². The van der Waals surface area contributed by atoms with Gasteiger partial charge < -0.3 is 9.47 Å². The summed E-state index contributed by atoms with van der Waals surface area (Å²) < 4.78 is 11.4. The van der Waals surface area contributed by atoms with Crippen molar-refractivity contribution in [2.24, 2.45) is 0 Å². The second kappa shape index (κ2) is 6.87. The van der Waals surface area contributed by atoms with Crippen LogP contribution in [0.2, 0.25) is 0 Å². The maximum atomic E-state index is 5.71. The van der Waals surface area contributed by atoms with Gasteiger partial charge in [-0.1, -0.05) is 50.2 Å². The van der Waals surface area contributed by atoms with E-state index in [-0.39, 0.29) is 17.9 Å². The van der Waals surface area contributed by atoms with Crippen molar-refractivity contribution in [3.8, 4) is 23.5 Å². The molecule has 0 aliphatic carbocycles. The molecule has 0 radical (unpaired) electrons. The SMILES string of the molecule is CC(C)c1nc(Oc2ccccc2)nc(Oc2ccccc2)n1. The number of hydrogen-bond acceptors (Lipinski definition) is 5. The molecule has 0 spiro atoms. The van der Waals surface area contributed by atoms with Crippen LogP contribution in [0.15, 0.2) is 60.7 Å². The maximum Gasteiger partial charge on any atom is 0.328 e. The Bertz CT molecular complexity index is 702. The summed E-state index contributed by atoms with van der Waals surface area (Å²) >= 11 is 0. The molecule has 0 saturated carbocycles. The van der Waals surface area contributed by atoms with Gasteiger partial charge in [-0.05, 0) is 24.3 Å². The topological polar surface area (TPSA) is 57.1 Å². The average molecular weight is 307 g/mol. The number of aromatic nitrogens is 3. The molecule has 3 rings (SSSR count). The van der Waals surface area contributed by atoms with Gasteiger partial charge in [-0.3, -0.25) is 0 Å². The summed E-state index contributed by atoms with van der Waals surface area (Å²) in [6, 6.07) is 19.2. The van der Waals surface area contributed by atoms with Crippen LogP contribution in [-0.2, 0) is 0 Å². The monoisotopic (exact) mass is 307 g/mol. The van der Waals surface area contributed by atoms with Crippen LogP contribution in [0.3, 0.4) is 0 Å². The molecule has 5 nitrogen and oxygen atoms in total. The zero-order chi connectivity index (χ0) is 16.1. The Hall–Kier alpha value is -2.95. The van der Waals surface area contributed by atoms with E-state index in [9.17, 15) is 0 Å². The summed E-state index contributed by atoms with van der Waals surface area (Å²) in [5.41, 5.74) is 0. The number of hydrogen-bond donors (Lipinski definition) is 0. The van der Waals surface area contributed by atoms with Crippen LogP contribution >= 0.6 is 0 Å². The molecule has 0 fully saturated rings. The van der Waals surface area contributed by atoms with E-state index in [2.05, 4.69) is 15.0 Å². The number of ether oxygens (including phenoxy) is 2. The summed E-state index contributed by atoms with van der Waals surface area (Å²) in [5.74, 6) is 2.09. The second-order valence-electron chi connectivity index (χ2n) is 5.24. The first kappa shape index (κ1) is 15.0. The van der Waals surface area contributed by atoms with Gasteiger partial charge in [0.15, 0.2) is 0 Å². The lowest BCUT2D eigenvalue weighted by atomic mass is 10.2. The summed E-state index contributed by atoms with van der Waals surface area (Å²) in [5, 5.41) is 0. The molecule has 2 aromatic carbocycles. The van der Waals surface area contributed by atoms with Gasteiger partial charge in [-0.2, -0.15) is 9.97 Å². The highest BCUT2D eigenvalue weighted by Gasteiger charge is 2.13. The van der Waals surface area contributed by atoms with Gasteiger partial charge in [-0.15, -0.1) is 4.98 Å². The van der Waals surface area contributed by atoms with E-state index >= 15 is 0 Å². The molecule has 23 heavy (non-hydrogen) atoms. The maximum absolute atomic E-state index is 5.71. The fraction of sp³-hybridized carbons (Fsp3) is 0.167. The molecular formula is C18H17N3O2. The first-order chi connectivity index (χ1) is 11.2. The van der Waals surface area contributed by atoms with Gasteiger partial charge in [0.25, 0.3) is 0 Å². The largest absolute Gasteiger partial charge is 0.424 e. The molecule has 1 aromatic heterocycles. The van der Waals surface area contributed by atoms with Gasteiger partial charge in [-0.25, -0.2) is 0 Å². The smallest absolute Gasteiger partial charge is 0.328 e. The van der Waals surface area contributed by atoms with Gasteiger partial charge in [0.2, 0.25) is 0 Å². The van der Waals surface area contributed by atoms with Crippen LogP contribution in [0.1, 0.15) is 25.6 Å². The highest BCUT2D eigenvalue weighted by molar-refractivity contribution is 5.27. The molecule has 0 aliphatic heterocycles. The summed E-state index contributed by atoms with van der Waals surface area (Å²) in [7, 11) is 0. The Labute approximate surface area is 135 Å². The van der Waals surface area contributed by atoms with Crippen molar-refractivity contribution < 1.29 is 9.47 Å². The van der Waals surface area contributed by atoms with E-state index in [1.165, 1.54) is 0 Å². The van der Waals surface area contributed by atoms with Crippen LogP contribution in [0.25, 0.3) is 0 Å². The Balaban J connectivity index is 1.90. The van der Waals surface area contributed by atoms with Gasteiger partial charge in [0.05, 0.1) is 0 Å². The molecule has 0 bridgehead atoms. The predicted octanol–water partition coefficient (Wildman–Crippen LogP) is 4.58. The van der Waals surface area contributed by atoms with Crippen molar-refractivity contribution in [2.75, 3.05) is 0 Å². The van der Waals surface area contributed by atoms with E-state index in [1.54, 1.807) is 0 Å². The van der Waals surface area contributed by atoms with Crippen molar-refractivity contribution >= 4 is 0 Å². The number of nitrogens with zero attached hydrogens (tertiary/aromatic N) is 3. The van der Waals surface area contributed by atoms with Crippen LogP contribution in [0.5, 0.6) is 23.5 Å². The number of rotatable bonds is 5. The fourth-order valence-electron chi connectivity index (χ4n) is 1.89. The molecule has 116 valence electrons. The minimum absolute atomic E-state index is 0.134. The fourth-order valence-corrected chi connectivity index (χ4v) is 1.89. The minimum atomic E-state index is 0.134. The summed E-state index contributed by atoms with van der Waals surface area (Å²) in [6.45, 7) is 4.02. The molecular weight excluding hydrogens is 290 g/mol. The lowest BCUT2D eigenvalue weighted by molar-refractivity contribution is 0.390. The first-order valence-electron chi connectivity index (χ1n) is 7.42. The standard InChI is InChI=1S/C18H17N3O2/c1-13(2)16-19-17(22-14-9-5-3-6-10-14)21-18(20-16)23-15-11-7-4-8-12-15/h3-13H,1-2H3. The van der Waals surface area contributed by atoms with E-state index in [0.29, 0.717) is 17.3 Å². The quantitative estimate of drug-likeness (QED) is 0.690. The Morgan fingerprint density at radius 3 is 1.48 bits per heavy atom. The summed E-state index contributed by atoms with van der Waals surface area (Å²) in [6.07, 6.45) is 0. The zero-order valence-corrected chi connectivity index (χ0v) is 13.0. The third-order valence-electron chi connectivity index (χ3n) is 3.03. The van der Waals surface area contributed by atoms with Crippen molar-refractivity contribution in [3.63, 3.8) is 0 Å². The molecule has 0 saturated heterocycles. The second-order valence-corrected chi connectivity index (χ2v) is 5.24. The average Bonchev–Trinajstić information content (AvgIpc) is 2.56. The van der Waals surface area contributed by atoms with Crippen LogP contribution in [0, 0.1) is 0 Å². The molecule has 3 aromatic rings. The number of para-hydroxylation sites is 2. The van der Waals surface area contributed by atoms with Crippen molar-refractivity contribution in [1.29, 1.82) is 0 Å². The lowest BCUT2D eigenvalue weighted by Crippen LogP contribution is -2.04. The third kappa shape index (κ3) is 4.03. The van der Waals surface area contributed by atoms with Gasteiger partial charge in [0, 0.05) is 5.92 Å². The van der Waals surface area contributed by atoms with Crippen LogP contribution < -0.4 is 9.47 Å². The first-order valence-corrected chi connectivity index (χ1v) is 7.42. The predicted molar refractivity (Wildman–Crippen MR) is 86.9 cm³/mol. The zero-order valence-electron chi connectivity index (χ0n) is 13.0. The van der Waals surface area contributed by atoms with Crippen molar-refractivity contribution in [1.82, 2.24) is 15.0 Å². The Morgan fingerprint density at radius 1 is 0.652 bits per heavy atom. The summed E-state index contributed by atoms with van der Waals surface area (Å²) in [4.78, 5) is 12.9. The number of benzene rings is 2. The molecule has 0 unspecified atom stereocenters. The van der Waals surface area contributed by atoms with E-state index in [0.717, 1.165) is 0 Å². The van der Waals surface area contributed by atoms with E-state index in [4.69, 9.17) is 9.47 Å². The molecule has 0 N–H and O–H groups in total. The molecule has 0 atom stereocenters. The van der Waals surface area contributed by atoms with Crippen molar-refractivity contribution in [2.45, 2.75) is 19.8 Å². The molecule has 0 aliphatic rings. The minimum Gasteiger partial charge on any atom is -0.424 e. The highest BCUT2D eigenvalue weighted by atomic mass is 16.5. The lowest BCUT2D eigenvalue weighted by Gasteiger charge is -2.10. The van der Waals surface area contributed by atoms with Crippen LogP contribution in [0.4, 0.5) is 0 Å².